The maximum atomic E-state index is 12.3. The predicted molar refractivity (Wildman–Crippen MR) is 109 cm³/mol. The second kappa shape index (κ2) is 8.21. The van der Waals surface area contributed by atoms with Crippen LogP contribution in [0, 0.1) is 6.92 Å². The monoisotopic (exact) mass is 420 g/mol. The van der Waals surface area contributed by atoms with Crippen molar-refractivity contribution in [3.05, 3.63) is 64.5 Å². The number of hydrogen-bond acceptors (Lipinski definition) is 5. The Hall–Kier alpha value is -2.22. The maximum absolute atomic E-state index is 12.3. The third-order valence-electron chi connectivity index (χ3n) is 3.88. The van der Waals surface area contributed by atoms with Gasteiger partial charge < -0.3 is 5.32 Å². The number of nitrogens with one attached hydrogen (secondary N) is 1. The molecule has 0 radical (unpaired) electrons. The molecule has 0 saturated carbocycles. The molecular weight excluding hydrogens is 404 g/mol. The van der Waals surface area contributed by atoms with E-state index in [1.54, 1.807) is 35.7 Å². The van der Waals surface area contributed by atoms with Crippen LogP contribution in [0.5, 0.6) is 0 Å². The highest BCUT2D eigenvalue weighted by Crippen LogP contribution is 2.30. The second-order valence-corrected chi connectivity index (χ2v) is 9.32. The van der Waals surface area contributed by atoms with Crippen LogP contribution in [0.3, 0.4) is 0 Å². The predicted octanol–water partition coefficient (Wildman–Crippen LogP) is 4.57. The van der Waals surface area contributed by atoms with E-state index in [4.69, 9.17) is 11.6 Å². The van der Waals surface area contributed by atoms with Gasteiger partial charge in [0.25, 0.3) is 0 Å². The quantitative estimate of drug-likeness (QED) is 0.633. The first-order valence-electron chi connectivity index (χ1n) is 8.15. The summed E-state index contributed by atoms with van der Waals surface area (Å²) in [6, 6.07) is 13.9. The number of aromatic nitrogens is 1. The summed E-state index contributed by atoms with van der Waals surface area (Å²) in [5.74, 6) is -0.657. The number of nitrogens with zero attached hydrogens (tertiary/aromatic N) is 1. The molecule has 0 spiro atoms. The summed E-state index contributed by atoms with van der Waals surface area (Å²) in [5.41, 5.74) is 2.41. The lowest BCUT2D eigenvalue weighted by atomic mass is 10.2. The Bertz CT molecular complexity index is 1060. The number of anilines is 1. The van der Waals surface area contributed by atoms with Crippen LogP contribution in [-0.2, 0) is 14.6 Å². The van der Waals surface area contributed by atoms with E-state index in [1.165, 1.54) is 11.3 Å². The van der Waals surface area contributed by atoms with E-state index in [1.807, 2.05) is 25.1 Å². The molecule has 0 unspecified atom stereocenters. The number of carbonyl (C=O) groups is 1. The minimum absolute atomic E-state index is 0.142. The van der Waals surface area contributed by atoms with Crippen LogP contribution >= 0.6 is 22.9 Å². The van der Waals surface area contributed by atoms with Gasteiger partial charge in [0.05, 0.1) is 16.3 Å². The van der Waals surface area contributed by atoms with Gasteiger partial charge in [-0.25, -0.2) is 13.4 Å². The zero-order chi connectivity index (χ0) is 19.4. The molecule has 0 bridgehead atoms. The molecule has 2 aromatic carbocycles. The molecule has 5 nitrogen and oxygen atoms in total. The van der Waals surface area contributed by atoms with E-state index in [0.29, 0.717) is 15.8 Å². The minimum Gasteiger partial charge on any atom is -0.302 e. The number of sulfone groups is 1. The van der Waals surface area contributed by atoms with Crippen molar-refractivity contribution < 1.29 is 13.2 Å². The van der Waals surface area contributed by atoms with E-state index >= 15 is 0 Å². The van der Waals surface area contributed by atoms with Crippen LogP contribution in [0.2, 0.25) is 5.02 Å². The third-order valence-corrected chi connectivity index (χ3v) is 6.70. The Labute approximate surface area is 167 Å². The zero-order valence-corrected chi connectivity index (χ0v) is 16.9. The van der Waals surface area contributed by atoms with Crippen LogP contribution in [-0.4, -0.2) is 25.1 Å². The highest BCUT2D eigenvalue weighted by molar-refractivity contribution is 7.91. The summed E-state index contributed by atoms with van der Waals surface area (Å²) in [4.78, 5) is 16.7. The summed E-state index contributed by atoms with van der Waals surface area (Å²) in [6.07, 6.45) is -0.142. The van der Waals surface area contributed by atoms with Crippen LogP contribution < -0.4 is 5.32 Å². The number of hydrogen-bond donors (Lipinski definition) is 1. The van der Waals surface area contributed by atoms with Crippen molar-refractivity contribution in [1.29, 1.82) is 0 Å². The summed E-state index contributed by atoms with van der Waals surface area (Å²) in [7, 11) is -3.50. The van der Waals surface area contributed by atoms with Gasteiger partial charge in [-0.15, -0.1) is 11.3 Å². The molecule has 1 N–H and O–H groups in total. The SMILES string of the molecule is Cc1ccc(S(=O)(=O)CCC(=O)Nc2nc(-c3ccccc3Cl)cs2)cc1. The Morgan fingerprint density at radius 2 is 1.85 bits per heavy atom. The third kappa shape index (κ3) is 4.94. The molecule has 3 rings (SSSR count). The fourth-order valence-electron chi connectivity index (χ4n) is 2.40. The Morgan fingerprint density at radius 3 is 2.56 bits per heavy atom. The summed E-state index contributed by atoms with van der Waals surface area (Å²) in [5, 5.41) is 5.42. The van der Waals surface area contributed by atoms with Crippen molar-refractivity contribution in [2.45, 2.75) is 18.2 Å². The van der Waals surface area contributed by atoms with E-state index in [9.17, 15) is 13.2 Å². The Morgan fingerprint density at radius 1 is 1.15 bits per heavy atom. The first-order chi connectivity index (χ1) is 12.8. The van der Waals surface area contributed by atoms with Crippen molar-refractivity contribution in [2.75, 3.05) is 11.1 Å². The molecular formula is C19H17ClN2O3S2. The minimum atomic E-state index is -3.50. The first kappa shape index (κ1) is 19.5. The zero-order valence-electron chi connectivity index (χ0n) is 14.5. The molecule has 3 aromatic rings. The molecule has 0 saturated heterocycles. The number of aryl methyl sites for hydroxylation is 1. The number of carbonyl (C=O) groups excluding carboxylic acids is 1. The summed E-state index contributed by atoms with van der Waals surface area (Å²) >= 11 is 7.41. The Balaban J connectivity index is 1.62. The lowest BCUT2D eigenvalue weighted by molar-refractivity contribution is -0.115. The van der Waals surface area contributed by atoms with E-state index in [0.717, 1.165) is 11.1 Å². The maximum Gasteiger partial charge on any atom is 0.227 e. The van der Waals surface area contributed by atoms with Crippen LogP contribution in [0.4, 0.5) is 5.13 Å². The smallest absolute Gasteiger partial charge is 0.227 e. The highest BCUT2D eigenvalue weighted by atomic mass is 35.5. The van der Waals surface area contributed by atoms with Crippen LogP contribution in [0.25, 0.3) is 11.3 Å². The van der Waals surface area contributed by atoms with Gasteiger partial charge in [0, 0.05) is 22.4 Å². The molecule has 27 heavy (non-hydrogen) atoms. The van der Waals surface area contributed by atoms with Crippen molar-refractivity contribution in [3.8, 4) is 11.3 Å². The average Bonchev–Trinajstić information content (AvgIpc) is 3.09. The van der Waals surface area contributed by atoms with Gasteiger partial charge in [-0.05, 0) is 25.1 Å². The highest BCUT2D eigenvalue weighted by Gasteiger charge is 2.17. The number of benzene rings is 2. The fourth-order valence-corrected chi connectivity index (χ4v) is 4.60. The number of amides is 1. The second-order valence-electron chi connectivity index (χ2n) is 5.95. The molecule has 1 aromatic heterocycles. The van der Waals surface area contributed by atoms with Gasteiger partial charge in [-0.2, -0.15) is 0 Å². The van der Waals surface area contributed by atoms with Gasteiger partial charge >= 0.3 is 0 Å². The molecule has 1 heterocycles. The standard InChI is InChI=1S/C19H17ClN2O3S2/c1-13-6-8-14(9-7-13)27(24,25)11-10-18(23)22-19-21-17(12-26-19)15-4-2-3-5-16(15)20/h2-9,12H,10-11H2,1H3,(H,21,22,23). The van der Waals surface area contributed by atoms with Crippen molar-refractivity contribution in [2.24, 2.45) is 0 Å². The van der Waals surface area contributed by atoms with E-state index < -0.39 is 15.7 Å². The van der Waals surface area contributed by atoms with Gasteiger partial charge in [0.15, 0.2) is 15.0 Å². The topological polar surface area (TPSA) is 76.1 Å². The Kier molecular flexibility index (Phi) is 5.94. The lowest BCUT2D eigenvalue weighted by Gasteiger charge is -2.05. The van der Waals surface area contributed by atoms with E-state index in [-0.39, 0.29) is 17.1 Å². The van der Waals surface area contributed by atoms with Crippen LogP contribution in [0.15, 0.2) is 58.8 Å². The molecule has 0 aliphatic rings. The molecule has 1 amide bonds. The molecule has 8 heteroatoms. The van der Waals surface area contributed by atoms with Crippen molar-refractivity contribution in [1.82, 2.24) is 4.98 Å². The lowest BCUT2D eigenvalue weighted by Crippen LogP contribution is -2.17. The molecule has 0 aliphatic carbocycles. The normalized spacial score (nSPS) is 11.3. The molecule has 0 aliphatic heterocycles. The average molecular weight is 421 g/mol. The van der Waals surface area contributed by atoms with Gasteiger partial charge in [-0.1, -0.05) is 47.5 Å². The molecule has 140 valence electrons. The number of rotatable bonds is 6. The van der Waals surface area contributed by atoms with Gasteiger partial charge in [0.1, 0.15) is 0 Å². The largest absolute Gasteiger partial charge is 0.302 e. The van der Waals surface area contributed by atoms with Gasteiger partial charge in [-0.3, -0.25) is 4.79 Å². The molecule has 0 atom stereocenters. The summed E-state index contributed by atoms with van der Waals surface area (Å²) < 4.78 is 24.6. The first-order valence-corrected chi connectivity index (χ1v) is 11.1. The summed E-state index contributed by atoms with van der Waals surface area (Å²) in [6.45, 7) is 1.88. The molecule has 0 fully saturated rings. The number of thiazole rings is 1. The van der Waals surface area contributed by atoms with E-state index in [2.05, 4.69) is 10.3 Å². The fraction of sp³-hybridized carbons (Fsp3) is 0.158. The number of halogens is 1. The van der Waals surface area contributed by atoms with Crippen LogP contribution in [0.1, 0.15) is 12.0 Å². The van der Waals surface area contributed by atoms with Gasteiger partial charge in [0.2, 0.25) is 5.91 Å². The van der Waals surface area contributed by atoms with Crippen molar-refractivity contribution in [3.63, 3.8) is 0 Å². The van der Waals surface area contributed by atoms with Crippen molar-refractivity contribution >= 4 is 43.8 Å².